The summed E-state index contributed by atoms with van der Waals surface area (Å²) in [5, 5.41) is 12.2. The molecule has 12 heteroatoms. The van der Waals surface area contributed by atoms with E-state index in [0.717, 1.165) is 0 Å². The highest BCUT2D eigenvalue weighted by Crippen LogP contribution is 2.36. The number of urea groups is 1. The lowest BCUT2D eigenvalue weighted by Crippen LogP contribution is -2.49. The van der Waals surface area contributed by atoms with E-state index in [2.05, 4.69) is 5.32 Å². The minimum Gasteiger partial charge on any atom is -0.481 e. The zero-order chi connectivity index (χ0) is 26.8. The van der Waals surface area contributed by atoms with Crippen molar-refractivity contribution >= 4 is 12.0 Å². The molecule has 1 saturated heterocycles. The number of hydrogen-bond donors (Lipinski definition) is 2. The second-order valence-corrected chi connectivity index (χ2v) is 9.68. The van der Waals surface area contributed by atoms with Crippen LogP contribution in [0.3, 0.4) is 0 Å². The molecule has 3 rings (SSSR count). The number of nitrogens with zero attached hydrogens (tertiary/aromatic N) is 2. The Balaban J connectivity index is 1.65. The molecule has 2 aliphatic rings. The van der Waals surface area contributed by atoms with Gasteiger partial charge in [-0.05, 0) is 62.3 Å². The fraction of sp³-hybridized carbons (Fsp3) is 0.667. The van der Waals surface area contributed by atoms with Gasteiger partial charge < -0.3 is 20.2 Å². The van der Waals surface area contributed by atoms with Gasteiger partial charge in [0.05, 0.1) is 17.0 Å². The van der Waals surface area contributed by atoms with Crippen LogP contribution in [0.2, 0.25) is 0 Å². The van der Waals surface area contributed by atoms with Gasteiger partial charge in [-0.25, -0.2) is 4.79 Å². The summed E-state index contributed by atoms with van der Waals surface area (Å²) >= 11 is 0. The number of rotatable bonds is 6. The Hall–Kier alpha value is -2.50. The van der Waals surface area contributed by atoms with Gasteiger partial charge in [-0.2, -0.15) is 26.3 Å². The van der Waals surface area contributed by atoms with Gasteiger partial charge in [0, 0.05) is 38.3 Å². The van der Waals surface area contributed by atoms with Crippen LogP contribution in [0.1, 0.15) is 62.1 Å². The molecular weight excluding hydrogens is 492 g/mol. The predicted octanol–water partition coefficient (Wildman–Crippen LogP) is 5.36. The Morgan fingerprint density at radius 1 is 1.03 bits per heavy atom. The fourth-order valence-corrected chi connectivity index (χ4v) is 5.14. The molecule has 2 atom stereocenters. The summed E-state index contributed by atoms with van der Waals surface area (Å²) < 4.78 is 78.8. The number of hydrogen-bond acceptors (Lipinski definition) is 3. The number of amides is 2. The number of carbonyl (C=O) groups is 2. The molecule has 1 aliphatic carbocycles. The van der Waals surface area contributed by atoms with Crippen molar-refractivity contribution in [1.29, 1.82) is 0 Å². The van der Waals surface area contributed by atoms with Crippen molar-refractivity contribution in [2.24, 2.45) is 5.92 Å². The molecule has 0 unspecified atom stereocenters. The van der Waals surface area contributed by atoms with Gasteiger partial charge in [0.1, 0.15) is 0 Å². The maximum atomic E-state index is 13.2. The second kappa shape index (κ2) is 10.9. The number of nitrogens with one attached hydrogen (secondary N) is 1. The average Bonchev–Trinajstić information content (AvgIpc) is 3.24. The first-order valence-electron chi connectivity index (χ1n) is 12.0. The zero-order valence-electron chi connectivity index (χ0n) is 20.1. The lowest BCUT2D eigenvalue weighted by molar-refractivity contribution is -0.144. The topological polar surface area (TPSA) is 72.9 Å². The Kier molecular flexibility index (Phi) is 8.47. The molecule has 0 radical (unpaired) electrons. The fourth-order valence-electron chi connectivity index (χ4n) is 5.14. The third-order valence-corrected chi connectivity index (χ3v) is 7.27. The highest BCUT2D eigenvalue weighted by molar-refractivity contribution is 5.75. The van der Waals surface area contributed by atoms with Crippen LogP contribution in [0.25, 0.3) is 0 Å². The lowest BCUT2D eigenvalue weighted by Gasteiger charge is -2.37. The highest BCUT2D eigenvalue weighted by Gasteiger charge is 2.39. The number of alkyl halides is 6. The van der Waals surface area contributed by atoms with Crippen LogP contribution in [-0.2, 0) is 23.7 Å². The van der Waals surface area contributed by atoms with E-state index in [9.17, 15) is 41.0 Å². The minimum atomic E-state index is -4.91. The van der Waals surface area contributed by atoms with E-state index in [1.54, 1.807) is 16.8 Å². The summed E-state index contributed by atoms with van der Waals surface area (Å²) in [6, 6.07) is 0.815. The van der Waals surface area contributed by atoms with E-state index in [0.29, 0.717) is 50.7 Å². The average molecular weight is 524 g/mol. The molecule has 1 heterocycles. The van der Waals surface area contributed by atoms with Crippen LogP contribution < -0.4 is 5.32 Å². The van der Waals surface area contributed by atoms with Crippen molar-refractivity contribution in [2.45, 2.75) is 82.5 Å². The molecule has 1 aliphatic heterocycles. The maximum absolute atomic E-state index is 13.2. The molecule has 36 heavy (non-hydrogen) atoms. The number of likely N-dealkylation sites (tertiary alicyclic amines) is 1. The molecular formula is C24H31F6N3O3. The van der Waals surface area contributed by atoms with E-state index in [1.807, 2.05) is 6.92 Å². The summed E-state index contributed by atoms with van der Waals surface area (Å²) in [4.78, 5) is 27.7. The summed E-state index contributed by atoms with van der Waals surface area (Å²) in [5.74, 6) is -1.23. The van der Waals surface area contributed by atoms with Crippen molar-refractivity contribution in [3.8, 4) is 0 Å². The third kappa shape index (κ3) is 6.63. The summed E-state index contributed by atoms with van der Waals surface area (Å²) in [7, 11) is 1.68. The molecule has 0 aromatic heterocycles. The van der Waals surface area contributed by atoms with Gasteiger partial charge in [-0.3, -0.25) is 4.79 Å². The van der Waals surface area contributed by atoms with Gasteiger partial charge in [0.25, 0.3) is 0 Å². The number of aliphatic carboxylic acids is 1. The normalized spacial score (nSPS) is 25.2. The second-order valence-electron chi connectivity index (χ2n) is 9.68. The largest absolute Gasteiger partial charge is 0.481 e. The molecule has 1 aromatic carbocycles. The molecule has 0 bridgehead atoms. The van der Waals surface area contributed by atoms with Crippen LogP contribution in [0.4, 0.5) is 31.1 Å². The SMILES string of the molecule is CC[C@@H]1C[C@H](NCc2cc(C(F)(F)F)cc(C(F)(F)F)c2)CN1C(=O)N(C)C1CCC(C(=O)O)CC1. The quantitative estimate of drug-likeness (QED) is 0.493. The summed E-state index contributed by atoms with van der Waals surface area (Å²) in [6.45, 7) is 1.98. The molecule has 2 amide bonds. The van der Waals surface area contributed by atoms with Crippen LogP contribution in [-0.4, -0.2) is 58.6 Å². The first kappa shape index (κ1) is 28.1. The van der Waals surface area contributed by atoms with Crippen molar-refractivity contribution in [1.82, 2.24) is 15.1 Å². The van der Waals surface area contributed by atoms with Crippen LogP contribution >= 0.6 is 0 Å². The summed E-state index contributed by atoms with van der Waals surface area (Å²) in [5.41, 5.74) is -2.85. The third-order valence-electron chi connectivity index (χ3n) is 7.27. The van der Waals surface area contributed by atoms with E-state index < -0.39 is 35.4 Å². The van der Waals surface area contributed by atoms with Crippen LogP contribution in [0, 0.1) is 5.92 Å². The standard InChI is InChI=1S/C24H31F6N3O3/c1-3-19-11-18(13-33(19)22(36)32(2)20-6-4-15(5-7-20)21(34)35)31-12-14-8-16(23(25,26)27)10-17(9-14)24(28,29)30/h8-10,15,18-20,31H,3-7,11-13H2,1-2H3,(H,34,35)/t15?,18-,19+,20?/m0/s1. The van der Waals surface area contributed by atoms with Crippen molar-refractivity contribution in [3.63, 3.8) is 0 Å². The van der Waals surface area contributed by atoms with Crippen molar-refractivity contribution in [2.75, 3.05) is 13.6 Å². The smallest absolute Gasteiger partial charge is 0.416 e. The van der Waals surface area contributed by atoms with Gasteiger partial charge >= 0.3 is 24.4 Å². The summed E-state index contributed by atoms with van der Waals surface area (Å²) in [6.07, 6.45) is -6.49. The van der Waals surface area contributed by atoms with Crippen molar-refractivity contribution < 1.29 is 41.0 Å². The maximum Gasteiger partial charge on any atom is 0.416 e. The van der Waals surface area contributed by atoms with Crippen LogP contribution in [0.5, 0.6) is 0 Å². The molecule has 2 N–H and O–H groups in total. The molecule has 202 valence electrons. The number of benzene rings is 1. The number of halogens is 6. The van der Waals surface area contributed by atoms with Crippen LogP contribution in [0.15, 0.2) is 18.2 Å². The predicted molar refractivity (Wildman–Crippen MR) is 119 cm³/mol. The van der Waals surface area contributed by atoms with E-state index in [1.165, 1.54) is 0 Å². The lowest BCUT2D eigenvalue weighted by atomic mass is 9.85. The first-order valence-corrected chi connectivity index (χ1v) is 12.0. The number of carbonyl (C=O) groups excluding carboxylic acids is 1. The molecule has 0 spiro atoms. The van der Waals surface area contributed by atoms with E-state index >= 15 is 0 Å². The Labute approximate surface area is 205 Å². The minimum absolute atomic E-state index is 0.0801. The monoisotopic (exact) mass is 523 g/mol. The zero-order valence-corrected chi connectivity index (χ0v) is 20.1. The Morgan fingerprint density at radius 3 is 2.06 bits per heavy atom. The van der Waals surface area contributed by atoms with E-state index in [-0.39, 0.29) is 48.9 Å². The van der Waals surface area contributed by atoms with Gasteiger partial charge in [-0.1, -0.05) is 6.92 Å². The van der Waals surface area contributed by atoms with Gasteiger partial charge in [-0.15, -0.1) is 0 Å². The highest BCUT2D eigenvalue weighted by atomic mass is 19.4. The first-order chi connectivity index (χ1) is 16.7. The molecule has 2 fully saturated rings. The molecule has 1 saturated carbocycles. The number of carboxylic acids is 1. The van der Waals surface area contributed by atoms with Gasteiger partial charge in [0.2, 0.25) is 0 Å². The molecule has 1 aromatic rings. The van der Waals surface area contributed by atoms with Gasteiger partial charge in [0.15, 0.2) is 0 Å². The van der Waals surface area contributed by atoms with E-state index in [4.69, 9.17) is 0 Å². The van der Waals surface area contributed by atoms with Crippen molar-refractivity contribution in [3.05, 3.63) is 34.9 Å². The Morgan fingerprint density at radius 2 is 1.58 bits per heavy atom. The Bertz CT molecular complexity index is 912. The molecule has 6 nitrogen and oxygen atoms in total. The number of carboxylic acid groups (broad SMARTS) is 1.